The van der Waals surface area contributed by atoms with Crippen LogP contribution in [-0.2, 0) is 9.53 Å². The average Bonchev–Trinajstić information content (AvgIpc) is 2.37. The molecule has 0 aliphatic heterocycles. The van der Waals surface area contributed by atoms with Crippen molar-refractivity contribution in [2.24, 2.45) is 10.9 Å². The molecule has 0 aromatic carbocycles. The third-order valence-corrected chi connectivity index (χ3v) is 2.74. The van der Waals surface area contributed by atoms with Crippen molar-refractivity contribution in [2.45, 2.75) is 33.3 Å². The van der Waals surface area contributed by atoms with Crippen LogP contribution in [0.15, 0.2) is 17.4 Å². The molecule has 0 N–H and O–H groups in total. The van der Waals surface area contributed by atoms with Gasteiger partial charge in [-0.2, -0.15) is 0 Å². The van der Waals surface area contributed by atoms with Crippen LogP contribution in [0.5, 0.6) is 0 Å². The molecular weight excluding hydrogens is 294 g/mol. The van der Waals surface area contributed by atoms with E-state index in [0.29, 0.717) is 5.71 Å². The molecule has 0 aliphatic carbocycles. The highest BCUT2D eigenvalue weighted by Gasteiger charge is 2.34. The molecule has 0 radical (unpaired) electrons. The van der Waals surface area contributed by atoms with Gasteiger partial charge in [-0.05, 0) is 27.7 Å². The molecule has 7 heteroatoms. The Morgan fingerprint density at radius 2 is 1.90 bits per heavy atom. The minimum absolute atomic E-state index is 0.0401. The first kappa shape index (κ1) is 17.2. The monoisotopic (exact) mass is 311 g/mol. The maximum absolute atomic E-state index is 12.5. The van der Waals surface area contributed by atoms with Crippen molar-refractivity contribution >= 4 is 29.1 Å². The summed E-state index contributed by atoms with van der Waals surface area (Å²) in [6.45, 7) is 6.78. The second-order valence-corrected chi connectivity index (χ2v) is 5.81. The van der Waals surface area contributed by atoms with Crippen LogP contribution in [0, 0.1) is 5.92 Å². The van der Waals surface area contributed by atoms with Crippen molar-refractivity contribution in [1.82, 2.24) is 9.97 Å². The topological polar surface area (TPSA) is 81.5 Å². The molecule has 0 saturated carbocycles. The summed E-state index contributed by atoms with van der Waals surface area (Å²) < 4.78 is 5.27. The number of esters is 1. The van der Waals surface area contributed by atoms with E-state index in [9.17, 15) is 9.59 Å². The zero-order valence-electron chi connectivity index (χ0n) is 12.7. The standard InChI is InChI=1S/C14H18ClN3O3/c1-8(16-5)11(13(20)21-14(2,3)4)12(19)9-6-18-10(15)7-17-9/h6-7,11H,1-5H3/b16-8+. The molecule has 1 atom stereocenters. The van der Waals surface area contributed by atoms with Gasteiger partial charge in [0.15, 0.2) is 5.92 Å². The van der Waals surface area contributed by atoms with Crippen LogP contribution in [0.25, 0.3) is 0 Å². The summed E-state index contributed by atoms with van der Waals surface area (Å²) in [7, 11) is 1.51. The van der Waals surface area contributed by atoms with E-state index in [1.165, 1.54) is 19.4 Å². The minimum atomic E-state index is -1.13. The fraction of sp³-hybridized carbons (Fsp3) is 0.500. The molecule has 0 bridgehead atoms. The van der Waals surface area contributed by atoms with Gasteiger partial charge in [0, 0.05) is 12.8 Å². The summed E-state index contributed by atoms with van der Waals surface area (Å²) >= 11 is 5.64. The highest BCUT2D eigenvalue weighted by atomic mass is 35.5. The first-order valence-electron chi connectivity index (χ1n) is 6.33. The Labute approximate surface area is 128 Å². The quantitative estimate of drug-likeness (QED) is 0.369. The molecule has 0 spiro atoms. The third-order valence-electron chi connectivity index (χ3n) is 2.55. The van der Waals surface area contributed by atoms with Gasteiger partial charge in [0.2, 0.25) is 5.78 Å². The van der Waals surface area contributed by atoms with E-state index in [0.717, 1.165) is 0 Å². The van der Waals surface area contributed by atoms with Crippen LogP contribution in [-0.4, -0.2) is 40.1 Å². The summed E-state index contributed by atoms with van der Waals surface area (Å²) in [5, 5.41) is 0.168. The fourth-order valence-electron chi connectivity index (χ4n) is 1.54. The molecule has 21 heavy (non-hydrogen) atoms. The van der Waals surface area contributed by atoms with E-state index in [2.05, 4.69) is 15.0 Å². The Hall–Kier alpha value is -1.82. The summed E-state index contributed by atoms with van der Waals surface area (Å²) in [6.07, 6.45) is 2.48. The smallest absolute Gasteiger partial charge is 0.323 e. The molecule has 0 aliphatic rings. The number of rotatable bonds is 4. The highest BCUT2D eigenvalue weighted by molar-refractivity contribution is 6.29. The summed E-state index contributed by atoms with van der Waals surface area (Å²) in [6, 6.07) is 0. The van der Waals surface area contributed by atoms with Crippen LogP contribution >= 0.6 is 11.6 Å². The predicted molar refractivity (Wildman–Crippen MR) is 79.7 cm³/mol. The van der Waals surface area contributed by atoms with Crippen molar-refractivity contribution in [3.05, 3.63) is 23.2 Å². The number of aromatic nitrogens is 2. The van der Waals surface area contributed by atoms with Gasteiger partial charge >= 0.3 is 5.97 Å². The lowest BCUT2D eigenvalue weighted by atomic mass is 9.96. The number of carbonyl (C=O) groups is 2. The Balaban J connectivity index is 3.11. The number of hydrogen-bond donors (Lipinski definition) is 0. The van der Waals surface area contributed by atoms with Gasteiger partial charge in [-0.3, -0.25) is 14.6 Å². The fourth-order valence-corrected chi connectivity index (χ4v) is 1.64. The molecule has 1 heterocycles. The Bertz CT molecular complexity index is 562. The highest BCUT2D eigenvalue weighted by Crippen LogP contribution is 2.16. The zero-order valence-corrected chi connectivity index (χ0v) is 13.4. The minimum Gasteiger partial charge on any atom is -0.459 e. The van der Waals surface area contributed by atoms with E-state index in [1.807, 2.05) is 0 Å². The number of ether oxygens (including phenoxy) is 1. The average molecular weight is 312 g/mol. The van der Waals surface area contributed by atoms with Gasteiger partial charge in [-0.1, -0.05) is 11.6 Å². The van der Waals surface area contributed by atoms with Gasteiger partial charge in [0.05, 0.1) is 12.4 Å². The van der Waals surface area contributed by atoms with Gasteiger partial charge in [-0.15, -0.1) is 0 Å². The molecule has 0 fully saturated rings. The Morgan fingerprint density at radius 3 is 2.33 bits per heavy atom. The molecule has 1 aromatic rings. The number of halogens is 1. The number of hydrogen-bond acceptors (Lipinski definition) is 6. The van der Waals surface area contributed by atoms with Gasteiger partial charge in [0.1, 0.15) is 16.4 Å². The largest absolute Gasteiger partial charge is 0.459 e. The Kier molecular flexibility index (Phi) is 5.54. The summed E-state index contributed by atoms with van der Waals surface area (Å²) in [5.41, 5.74) is -0.306. The van der Waals surface area contributed by atoms with Crippen molar-refractivity contribution < 1.29 is 14.3 Å². The van der Waals surface area contributed by atoms with Crippen LogP contribution in [0.4, 0.5) is 0 Å². The Morgan fingerprint density at radius 1 is 1.29 bits per heavy atom. The summed E-state index contributed by atoms with van der Waals surface area (Å²) in [4.78, 5) is 36.3. The van der Waals surface area contributed by atoms with E-state index < -0.39 is 23.3 Å². The van der Waals surface area contributed by atoms with Gasteiger partial charge < -0.3 is 4.74 Å². The second-order valence-electron chi connectivity index (χ2n) is 5.42. The molecule has 0 saturated heterocycles. The number of Topliss-reactive ketones (excluding diaryl/α,β-unsaturated/α-hetero) is 1. The number of ketones is 1. The van der Waals surface area contributed by atoms with Crippen LogP contribution < -0.4 is 0 Å². The third kappa shape index (κ3) is 4.90. The molecular formula is C14H18ClN3O3. The van der Waals surface area contributed by atoms with Crippen molar-refractivity contribution in [2.75, 3.05) is 7.05 Å². The lowest BCUT2D eigenvalue weighted by Crippen LogP contribution is -2.37. The van der Waals surface area contributed by atoms with Crippen molar-refractivity contribution in [1.29, 1.82) is 0 Å². The molecule has 1 aromatic heterocycles. The zero-order chi connectivity index (χ0) is 16.2. The second kappa shape index (κ2) is 6.76. The first-order chi connectivity index (χ1) is 9.65. The van der Waals surface area contributed by atoms with E-state index in [1.54, 1.807) is 27.7 Å². The maximum atomic E-state index is 12.5. The SMILES string of the molecule is C/N=C(\C)C(C(=O)OC(C)(C)C)C(=O)c1cnc(Cl)cn1. The van der Waals surface area contributed by atoms with E-state index >= 15 is 0 Å². The normalized spacial score (nSPS) is 13.7. The van der Waals surface area contributed by atoms with E-state index in [-0.39, 0.29) is 10.8 Å². The van der Waals surface area contributed by atoms with Crippen LogP contribution in [0.2, 0.25) is 5.15 Å². The number of carbonyl (C=O) groups excluding carboxylic acids is 2. The molecule has 1 unspecified atom stereocenters. The lowest BCUT2D eigenvalue weighted by Gasteiger charge is -2.23. The van der Waals surface area contributed by atoms with Crippen molar-refractivity contribution in [3.63, 3.8) is 0 Å². The maximum Gasteiger partial charge on any atom is 0.323 e. The van der Waals surface area contributed by atoms with E-state index in [4.69, 9.17) is 16.3 Å². The van der Waals surface area contributed by atoms with Crippen molar-refractivity contribution in [3.8, 4) is 0 Å². The molecule has 114 valence electrons. The predicted octanol–water partition coefficient (Wildman–Crippen LogP) is 2.36. The molecule has 1 rings (SSSR count). The first-order valence-corrected chi connectivity index (χ1v) is 6.71. The van der Waals surface area contributed by atoms with Gasteiger partial charge in [-0.25, -0.2) is 9.97 Å². The number of aliphatic imine (C=N–C) groups is 1. The summed E-state index contributed by atoms with van der Waals surface area (Å²) in [5.74, 6) is -2.31. The van der Waals surface area contributed by atoms with Crippen LogP contribution in [0.3, 0.4) is 0 Å². The molecule has 0 amide bonds. The molecule has 6 nitrogen and oxygen atoms in total. The van der Waals surface area contributed by atoms with Gasteiger partial charge in [0.25, 0.3) is 0 Å². The van der Waals surface area contributed by atoms with Crippen LogP contribution in [0.1, 0.15) is 38.2 Å². The number of nitrogens with zero attached hydrogens (tertiary/aromatic N) is 3. The lowest BCUT2D eigenvalue weighted by molar-refractivity contribution is -0.155.